The summed E-state index contributed by atoms with van der Waals surface area (Å²) < 4.78 is 14.6. The Morgan fingerprint density at radius 2 is 1.82 bits per heavy atom. The van der Waals surface area contributed by atoms with Gasteiger partial charge in [0.05, 0.1) is 5.02 Å². The van der Waals surface area contributed by atoms with Crippen LogP contribution in [0.1, 0.15) is 5.56 Å². The second kappa shape index (κ2) is 5.52. The molecular weight excluding hydrogens is 305 g/mol. The van der Waals surface area contributed by atoms with Gasteiger partial charge in [0, 0.05) is 22.3 Å². The highest BCUT2D eigenvalue weighted by atomic mass is 79.9. The fourth-order valence-electron chi connectivity index (χ4n) is 1.45. The summed E-state index contributed by atoms with van der Waals surface area (Å²) in [6, 6.07) is 12.7. The van der Waals surface area contributed by atoms with E-state index in [0.717, 1.165) is 10.2 Å². The molecule has 17 heavy (non-hydrogen) atoms. The quantitative estimate of drug-likeness (QED) is 0.853. The average Bonchev–Trinajstić information content (AvgIpc) is 2.33. The molecule has 0 unspecified atom stereocenters. The molecule has 0 aliphatic heterocycles. The first-order valence-corrected chi connectivity index (χ1v) is 6.26. The van der Waals surface area contributed by atoms with E-state index in [9.17, 15) is 4.39 Å². The number of nitrogens with one attached hydrogen (secondary N) is 1. The van der Waals surface area contributed by atoms with Gasteiger partial charge in [-0.25, -0.2) is 4.39 Å². The summed E-state index contributed by atoms with van der Waals surface area (Å²) in [6.45, 7) is 0.411. The first-order chi connectivity index (χ1) is 8.16. The molecule has 2 aromatic carbocycles. The molecule has 0 aromatic heterocycles. The summed E-state index contributed by atoms with van der Waals surface area (Å²) in [6.07, 6.45) is 0. The maximum atomic E-state index is 13.6. The highest BCUT2D eigenvalue weighted by Crippen LogP contribution is 2.19. The van der Waals surface area contributed by atoms with Gasteiger partial charge in [0.15, 0.2) is 0 Å². The molecule has 1 N–H and O–H groups in total. The van der Waals surface area contributed by atoms with Crippen LogP contribution in [-0.4, -0.2) is 0 Å². The van der Waals surface area contributed by atoms with Crippen molar-refractivity contribution in [3.63, 3.8) is 0 Å². The van der Waals surface area contributed by atoms with Crippen LogP contribution < -0.4 is 5.32 Å². The van der Waals surface area contributed by atoms with Gasteiger partial charge in [0.1, 0.15) is 5.82 Å². The minimum absolute atomic E-state index is 0.153. The van der Waals surface area contributed by atoms with Crippen LogP contribution in [0, 0.1) is 5.82 Å². The SMILES string of the molecule is Fc1c(Cl)cccc1CNc1ccc(Br)cc1. The van der Waals surface area contributed by atoms with E-state index in [0.29, 0.717) is 12.1 Å². The minimum Gasteiger partial charge on any atom is -0.381 e. The van der Waals surface area contributed by atoms with E-state index in [4.69, 9.17) is 11.6 Å². The first-order valence-electron chi connectivity index (χ1n) is 5.09. The third-order valence-electron chi connectivity index (χ3n) is 2.36. The van der Waals surface area contributed by atoms with E-state index in [1.807, 2.05) is 24.3 Å². The smallest absolute Gasteiger partial charge is 0.146 e. The van der Waals surface area contributed by atoms with E-state index < -0.39 is 0 Å². The van der Waals surface area contributed by atoms with Crippen molar-refractivity contribution in [2.75, 3.05) is 5.32 Å². The Labute approximate surface area is 113 Å². The van der Waals surface area contributed by atoms with E-state index in [1.165, 1.54) is 0 Å². The van der Waals surface area contributed by atoms with E-state index in [1.54, 1.807) is 18.2 Å². The minimum atomic E-state index is -0.362. The average molecular weight is 315 g/mol. The van der Waals surface area contributed by atoms with Crippen molar-refractivity contribution in [2.45, 2.75) is 6.54 Å². The fraction of sp³-hybridized carbons (Fsp3) is 0.0769. The molecule has 0 aliphatic rings. The molecule has 0 heterocycles. The normalized spacial score (nSPS) is 10.3. The Bertz CT molecular complexity index is 513. The lowest BCUT2D eigenvalue weighted by atomic mass is 10.2. The van der Waals surface area contributed by atoms with Crippen LogP contribution in [0.15, 0.2) is 46.9 Å². The Kier molecular flexibility index (Phi) is 4.02. The lowest BCUT2D eigenvalue weighted by Crippen LogP contribution is -2.01. The molecule has 0 bridgehead atoms. The van der Waals surface area contributed by atoms with Gasteiger partial charge in [-0.3, -0.25) is 0 Å². The summed E-state index contributed by atoms with van der Waals surface area (Å²) in [5.74, 6) is -0.362. The number of anilines is 1. The van der Waals surface area contributed by atoms with Crippen LogP contribution in [0.3, 0.4) is 0 Å². The monoisotopic (exact) mass is 313 g/mol. The molecular formula is C13H10BrClFN. The second-order valence-corrected chi connectivity index (χ2v) is 4.90. The highest BCUT2D eigenvalue weighted by Gasteiger charge is 2.05. The fourth-order valence-corrected chi connectivity index (χ4v) is 1.91. The molecule has 0 atom stereocenters. The third kappa shape index (κ3) is 3.20. The van der Waals surface area contributed by atoms with Crippen molar-refractivity contribution in [3.8, 4) is 0 Å². The summed E-state index contributed by atoms with van der Waals surface area (Å²) in [5, 5.41) is 3.29. The van der Waals surface area contributed by atoms with Gasteiger partial charge in [0.2, 0.25) is 0 Å². The van der Waals surface area contributed by atoms with Crippen molar-refractivity contribution in [1.82, 2.24) is 0 Å². The molecule has 0 aliphatic carbocycles. The van der Waals surface area contributed by atoms with Gasteiger partial charge >= 0.3 is 0 Å². The lowest BCUT2D eigenvalue weighted by molar-refractivity contribution is 0.613. The summed E-state index contributed by atoms with van der Waals surface area (Å²) >= 11 is 9.06. The van der Waals surface area contributed by atoms with Gasteiger partial charge in [0.25, 0.3) is 0 Å². The Morgan fingerprint density at radius 3 is 2.53 bits per heavy atom. The van der Waals surface area contributed by atoms with Gasteiger partial charge < -0.3 is 5.32 Å². The van der Waals surface area contributed by atoms with Crippen LogP contribution in [0.2, 0.25) is 5.02 Å². The third-order valence-corrected chi connectivity index (χ3v) is 3.18. The molecule has 1 nitrogen and oxygen atoms in total. The zero-order valence-corrected chi connectivity index (χ0v) is 11.2. The summed E-state index contributed by atoms with van der Waals surface area (Å²) in [4.78, 5) is 0. The number of benzene rings is 2. The van der Waals surface area contributed by atoms with Crippen LogP contribution >= 0.6 is 27.5 Å². The van der Waals surface area contributed by atoms with E-state index in [-0.39, 0.29) is 10.8 Å². The predicted octanol–water partition coefficient (Wildman–Crippen LogP) is 4.85. The molecule has 2 aromatic rings. The topological polar surface area (TPSA) is 12.0 Å². The Balaban J connectivity index is 2.07. The van der Waals surface area contributed by atoms with Crippen molar-refractivity contribution in [2.24, 2.45) is 0 Å². The van der Waals surface area contributed by atoms with Crippen molar-refractivity contribution < 1.29 is 4.39 Å². The molecule has 4 heteroatoms. The van der Waals surface area contributed by atoms with Gasteiger partial charge in [-0.05, 0) is 30.3 Å². The van der Waals surface area contributed by atoms with Crippen molar-refractivity contribution >= 4 is 33.2 Å². The van der Waals surface area contributed by atoms with E-state index in [2.05, 4.69) is 21.2 Å². The van der Waals surface area contributed by atoms with Crippen LogP contribution in [-0.2, 0) is 6.54 Å². The summed E-state index contributed by atoms with van der Waals surface area (Å²) in [7, 11) is 0. The van der Waals surface area contributed by atoms with Crippen molar-refractivity contribution in [3.05, 3.63) is 63.3 Å². The lowest BCUT2D eigenvalue weighted by Gasteiger charge is -2.08. The summed E-state index contributed by atoms with van der Waals surface area (Å²) in [5.41, 5.74) is 1.49. The zero-order valence-electron chi connectivity index (χ0n) is 8.88. The number of rotatable bonds is 3. The van der Waals surface area contributed by atoms with Gasteiger partial charge in [-0.2, -0.15) is 0 Å². The molecule has 0 fully saturated rings. The van der Waals surface area contributed by atoms with Gasteiger partial charge in [-0.1, -0.05) is 39.7 Å². The van der Waals surface area contributed by atoms with Crippen LogP contribution in [0.25, 0.3) is 0 Å². The molecule has 88 valence electrons. The predicted molar refractivity (Wildman–Crippen MR) is 72.9 cm³/mol. The highest BCUT2D eigenvalue weighted by molar-refractivity contribution is 9.10. The van der Waals surface area contributed by atoms with Crippen LogP contribution in [0.5, 0.6) is 0 Å². The molecule has 0 saturated heterocycles. The Morgan fingerprint density at radius 1 is 1.12 bits per heavy atom. The number of hydrogen-bond acceptors (Lipinski definition) is 1. The largest absolute Gasteiger partial charge is 0.381 e. The first kappa shape index (κ1) is 12.4. The maximum absolute atomic E-state index is 13.6. The molecule has 0 amide bonds. The van der Waals surface area contributed by atoms with E-state index >= 15 is 0 Å². The second-order valence-electron chi connectivity index (χ2n) is 3.57. The maximum Gasteiger partial charge on any atom is 0.146 e. The van der Waals surface area contributed by atoms with Gasteiger partial charge in [-0.15, -0.1) is 0 Å². The Hall–Kier alpha value is -1.06. The molecule has 2 rings (SSSR count). The van der Waals surface area contributed by atoms with Crippen molar-refractivity contribution in [1.29, 1.82) is 0 Å². The zero-order chi connectivity index (χ0) is 12.3. The molecule has 0 radical (unpaired) electrons. The number of hydrogen-bond donors (Lipinski definition) is 1. The van der Waals surface area contributed by atoms with Crippen LogP contribution in [0.4, 0.5) is 10.1 Å². The standard InChI is InChI=1S/C13H10BrClFN/c14-10-4-6-11(7-5-10)17-8-9-2-1-3-12(15)13(9)16/h1-7,17H,8H2. The molecule has 0 saturated carbocycles. The number of halogens is 3. The molecule has 0 spiro atoms.